The van der Waals surface area contributed by atoms with Gasteiger partial charge in [-0.1, -0.05) is 18.2 Å². The number of carbonyl (C=O) groups is 2. The molecule has 1 aromatic heterocycles. The van der Waals surface area contributed by atoms with Crippen LogP contribution in [0.3, 0.4) is 0 Å². The maximum absolute atomic E-state index is 12.1. The number of aromatic amines is 1. The van der Waals surface area contributed by atoms with Crippen LogP contribution in [0.4, 0.5) is 0 Å². The standard InChI is InChI=1S/C13H15N3O3S/c1-20-7-6-10(13(18)19)14-12(17)11-8-4-2-3-5-9(8)15-16-11/h2-5,10H,6-7H2,1H3,(H,14,17)(H,15,16)(H,18,19)/t10-/m1/s1. The van der Waals surface area contributed by atoms with Gasteiger partial charge in [0.25, 0.3) is 5.91 Å². The van der Waals surface area contributed by atoms with Crippen molar-refractivity contribution >= 4 is 34.5 Å². The second-order valence-corrected chi connectivity index (χ2v) is 5.25. The van der Waals surface area contributed by atoms with Gasteiger partial charge in [-0.25, -0.2) is 4.79 Å². The summed E-state index contributed by atoms with van der Waals surface area (Å²) in [6, 6.07) is 6.32. The van der Waals surface area contributed by atoms with Gasteiger partial charge >= 0.3 is 5.97 Å². The minimum absolute atomic E-state index is 0.219. The number of fused-ring (bicyclic) bond motifs is 1. The van der Waals surface area contributed by atoms with E-state index in [1.165, 1.54) is 11.8 Å². The van der Waals surface area contributed by atoms with Crippen molar-refractivity contribution in [1.82, 2.24) is 15.5 Å². The van der Waals surface area contributed by atoms with E-state index in [2.05, 4.69) is 15.5 Å². The quantitative estimate of drug-likeness (QED) is 0.750. The highest BCUT2D eigenvalue weighted by atomic mass is 32.2. The molecular weight excluding hydrogens is 278 g/mol. The molecule has 0 unspecified atom stereocenters. The number of para-hydroxylation sites is 1. The molecule has 106 valence electrons. The van der Waals surface area contributed by atoms with Crippen LogP contribution in [-0.2, 0) is 4.79 Å². The predicted octanol–water partition coefficient (Wildman–Crippen LogP) is 1.50. The summed E-state index contributed by atoms with van der Waals surface area (Å²) in [4.78, 5) is 23.3. The van der Waals surface area contributed by atoms with Gasteiger partial charge in [0.1, 0.15) is 6.04 Å². The van der Waals surface area contributed by atoms with E-state index in [0.29, 0.717) is 17.6 Å². The van der Waals surface area contributed by atoms with Gasteiger partial charge in [0.2, 0.25) is 0 Å². The molecule has 2 rings (SSSR count). The van der Waals surface area contributed by atoms with E-state index in [-0.39, 0.29) is 5.69 Å². The zero-order valence-corrected chi connectivity index (χ0v) is 11.7. The Hall–Kier alpha value is -2.02. The molecule has 0 bridgehead atoms. The fourth-order valence-corrected chi connectivity index (χ4v) is 2.33. The van der Waals surface area contributed by atoms with Crippen molar-refractivity contribution < 1.29 is 14.7 Å². The molecule has 0 spiro atoms. The minimum atomic E-state index is -1.03. The van der Waals surface area contributed by atoms with Crippen molar-refractivity contribution in [3.8, 4) is 0 Å². The Kier molecular flexibility index (Phi) is 4.62. The van der Waals surface area contributed by atoms with Crippen LogP contribution >= 0.6 is 11.8 Å². The molecule has 1 atom stereocenters. The van der Waals surface area contributed by atoms with E-state index >= 15 is 0 Å². The Morgan fingerprint density at radius 1 is 1.45 bits per heavy atom. The first-order valence-electron chi connectivity index (χ1n) is 6.09. The van der Waals surface area contributed by atoms with Gasteiger partial charge in [-0.05, 0) is 24.5 Å². The molecular formula is C13H15N3O3S. The van der Waals surface area contributed by atoms with Crippen molar-refractivity contribution in [3.05, 3.63) is 30.0 Å². The Bertz CT molecular complexity index is 626. The largest absolute Gasteiger partial charge is 0.480 e. The predicted molar refractivity (Wildman–Crippen MR) is 78.0 cm³/mol. The van der Waals surface area contributed by atoms with Crippen LogP contribution in [0.25, 0.3) is 10.9 Å². The molecule has 0 aliphatic carbocycles. The summed E-state index contributed by atoms with van der Waals surface area (Å²) in [6.07, 6.45) is 2.27. The third-order valence-corrected chi connectivity index (χ3v) is 3.54. The second kappa shape index (κ2) is 6.42. The van der Waals surface area contributed by atoms with Crippen molar-refractivity contribution in [2.45, 2.75) is 12.5 Å². The lowest BCUT2D eigenvalue weighted by atomic mass is 10.2. The Morgan fingerprint density at radius 2 is 2.20 bits per heavy atom. The summed E-state index contributed by atoms with van der Waals surface area (Å²) in [5.74, 6) is -0.846. The van der Waals surface area contributed by atoms with E-state index in [1.807, 2.05) is 18.4 Å². The number of carbonyl (C=O) groups excluding carboxylic acids is 1. The summed E-state index contributed by atoms with van der Waals surface area (Å²) in [5.41, 5.74) is 0.963. The lowest BCUT2D eigenvalue weighted by Crippen LogP contribution is -2.41. The number of nitrogens with one attached hydrogen (secondary N) is 2. The number of benzene rings is 1. The van der Waals surface area contributed by atoms with Crippen LogP contribution in [0.15, 0.2) is 24.3 Å². The molecule has 0 aliphatic heterocycles. The number of carboxylic acid groups (broad SMARTS) is 1. The normalized spacial score (nSPS) is 12.2. The van der Waals surface area contributed by atoms with Gasteiger partial charge in [-0.15, -0.1) is 0 Å². The van der Waals surface area contributed by atoms with Gasteiger partial charge in [-0.3, -0.25) is 9.89 Å². The summed E-state index contributed by atoms with van der Waals surface area (Å²) in [7, 11) is 0. The first-order chi connectivity index (χ1) is 9.63. The molecule has 1 aromatic carbocycles. The fourth-order valence-electron chi connectivity index (χ4n) is 1.86. The number of rotatable bonds is 6. The molecule has 3 N–H and O–H groups in total. The SMILES string of the molecule is CSCC[C@@H](NC(=O)c1n[nH]c2ccccc12)C(=O)O. The molecule has 0 saturated carbocycles. The summed E-state index contributed by atoms with van der Waals surface area (Å²) in [6.45, 7) is 0. The minimum Gasteiger partial charge on any atom is -0.480 e. The first kappa shape index (κ1) is 14.4. The van der Waals surface area contributed by atoms with Crippen LogP contribution in [-0.4, -0.2) is 45.2 Å². The number of aliphatic carboxylic acids is 1. The molecule has 6 nitrogen and oxygen atoms in total. The van der Waals surface area contributed by atoms with Gasteiger partial charge in [-0.2, -0.15) is 16.9 Å². The Labute approximate surface area is 119 Å². The van der Waals surface area contributed by atoms with Gasteiger partial charge in [0.15, 0.2) is 5.69 Å². The van der Waals surface area contributed by atoms with Gasteiger partial charge in [0.05, 0.1) is 5.52 Å². The van der Waals surface area contributed by atoms with Crippen LogP contribution < -0.4 is 5.32 Å². The molecule has 1 amide bonds. The number of hydrogen-bond acceptors (Lipinski definition) is 4. The van der Waals surface area contributed by atoms with Crippen molar-refractivity contribution in [2.75, 3.05) is 12.0 Å². The van der Waals surface area contributed by atoms with Gasteiger partial charge in [0, 0.05) is 5.39 Å². The van der Waals surface area contributed by atoms with E-state index < -0.39 is 17.9 Å². The maximum atomic E-state index is 12.1. The maximum Gasteiger partial charge on any atom is 0.326 e. The van der Waals surface area contributed by atoms with Crippen molar-refractivity contribution in [3.63, 3.8) is 0 Å². The summed E-state index contributed by atoms with van der Waals surface area (Å²) in [5, 5.41) is 19.0. The van der Waals surface area contributed by atoms with Crippen LogP contribution in [0.1, 0.15) is 16.9 Å². The smallest absolute Gasteiger partial charge is 0.326 e. The average molecular weight is 293 g/mol. The monoisotopic (exact) mass is 293 g/mol. The van der Waals surface area contributed by atoms with Crippen molar-refractivity contribution in [1.29, 1.82) is 0 Å². The summed E-state index contributed by atoms with van der Waals surface area (Å²) < 4.78 is 0. The second-order valence-electron chi connectivity index (χ2n) is 4.26. The van der Waals surface area contributed by atoms with Crippen molar-refractivity contribution in [2.24, 2.45) is 0 Å². The molecule has 1 heterocycles. The highest BCUT2D eigenvalue weighted by Gasteiger charge is 2.22. The molecule has 2 aromatic rings. The average Bonchev–Trinajstić information content (AvgIpc) is 2.87. The number of nitrogens with zero attached hydrogens (tertiary/aromatic N) is 1. The number of hydrogen-bond donors (Lipinski definition) is 3. The van der Waals surface area contributed by atoms with Crippen LogP contribution in [0.2, 0.25) is 0 Å². The van der Waals surface area contributed by atoms with E-state index in [4.69, 9.17) is 5.11 Å². The third kappa shape index (κ3) is 3.11. The number of aromatic nitrogens is 2. The Morgan fingerprint density at radius 3 is 2.90 bits per heavy atom. The summed E-state index contributed by atoms with van der Waals surface area (Å²) >= 11 is 1.54. The highest BCUT2D eigenvalue weighted by Crippen LogP contribution is 2.15. The first-order valence-corrected chi connectivity index (χ1v) is 7.48. The number of amides is 1. The van der Waals surface area contributed by atoms with Crippen LogP contribution in [0, 0.1) is 0 Å². The Balaban J connectivity index is 2.16. The molecule has 0 radical (unpaired) electrons. The lowest BCUT2D eigenvalue weighted by Gasteiger charge is -2.12. The topological polar surface area (TPSA) is 95.1 Å². The zero-order chi connectivity index (χ0) is 14.5. The van der Waals surface area contributed by atoms with E-state index in [0.717, 1.165) is 5.52 Å². The van der Waals surface area contributed by atoms with E-state index in [1.54, 1.807) is 12.1 Å². The van der Waals surface area contributed by atoms with E-state index in [9.17, 15) is 9.59 Å². The third-order valence-electron chi connectivity index (χ3n) is 2.90. The number of thioether (sulfide) groups is 1. The molecule has 0 saturated heterocycles. The number of carboxylic acids is 1. The molecule has 0 aliphatic rings. The zero-order valence-electron chi connectivity index (χ0n) is 10.9. The molecule has 0 fully saturated rings. The molecule has 20 heavy (non-hydrogen) atoms. The van der Waals surface area contributed by atoms with Gasteiger partial charge < -0.3 is 10.4 Å². The lowest BCUT2D eigenvalue weighted by molar-refractivity contribution is -0.139. The molecule has 7 heteroatoms. The highest BCUT2D eigenvalue weighted by molar-refractivity contribution is 7.98. The van der Waals surface area contributed by atoms with Crippen LogP contribution in [0.5, 0.6) is 0 Å². The fraction of sp³-hybridized carbons (Fsp3) is 0.308. The number of H-pyrrole nitrogens is 1.